The number of aryl methyl sites for hydroxylation is 1. The van der Waals surface area contributed by atoms with Crippen molar-refractivity contribution in [3.8, 4) is 17.2 Å². The van der Waals surface area contributed by atoms with Gasteiger partial charge in [-0.2, -0.15) is 4.98 Å². The number of aromatic nitrogens is 2. The average Bonchev–Trinajstić information content (AvgIpc) is 2.88. The molecule has 0 spiro atoms. The molecule has 0 radical (unpaired) electrons. The predicted molar refractivity (Wildman–Crippen MR) is 75.3 cm³/mol. The first-order valence-corrected chi connectivity index (χ1v) is 7.04. The molecule has 1 aliphatic rings. The molecule has 1 aliphatic carbocycles. The Balaban J connectivity index is 1.80. The van der Waals surface area contributed by atoms with E-state index in [-0.39, 0.29) is 6.10 Å². The van der Waals surface area contributed by atoms with E-state index < -0.39 is 0 Å². The molecule has 20 heavy (non-hydrogen) atoms. The molecule has 0 amide bonds. The summed E-state index contributed by atoms with van der Waals surface area (Å²) in [5, 5.41) is 3.83. The van der Waals surface area contributed by atoms with Crippen molar-refractivity contribution in [2.45, 2.75) is 44.8 Å². The van der Waals surface area contributed by atoms with Gasteiger partial charge in [0.25, 0.3) is 5.89 Å². The fraction of sp³-hybridized carbons (Fsp3) is 0.467. The van der Waals surface area contributed by atoms with Crippen LogP contribution >= 0.6 is 0 Å². The first-order chi connectivity index (χ1) is 9.72. The fourth-order valence-corrected chi connectivity index (χ4v) is 2.54. The van der Waals surface area contributed by atoms with Crippen molar-refractivity contribution >= 4 is 0 Å². The van der Waals surface area contributed by atoms with Gasteiger partial charge in [0, 0.05) is 6.04 Å². The molecular formula is C15H19N3O2. The number of para-hydroxylation sites is 1. The van der Waals surface area contributed by atoms with Gasteiger partial charge in [0.05, 0.1) is 11.7 Å². The first kappa shape index (κ1) is 13.1. The number of benzene rings is 1. The number of rotatable bonds is 3. The lowest BCUT2D eigenvalue weighted by Gasteiger charge is -2.27. The number of hydrogen-bond donors (Lipinski definition) is 1. The van der Waals surface area contributed by atoms with Gasteiger partial charge in [-0.05, 0) is 44.7 Å². The van der Waals surface area contributed by atoms with Crippen LogP contribution in [0.5, 0.6) is 5.75 Å². The summed E-state index contributed by atoms with van der Waals surface area (Å²) in [5.41, 5.74) is 6.78. The minimum absolute atomic E-state index is 0.222. The van der Waals surface area contributed by atoms with Crippen LogP contribution in [0.4, 0.5) is 0 Å². The van der Waals surface area contributed by atoms with Crippen molar-refractivity contribution in [3.05, 3.63) is 30.1 Å². The Morgan fingerprint density at radius 3 is 2.65 bits per heavy atom. The summed E-state index contributed by atoms with van der Waals surface area (Å²) in [6, 6.07) is 8.11. The van der Waals surface area contributed by atoms with Crippen molar-refractivity contribution in [1.29, 1.82) is 0 Å². The molecule has 1 fully saturated rings. The lowest BCUT2D eigenvalue weighted by Crippen LogP contribution is -2.31. The van der Waals surface area contributed by atoms with Crippen LogP contribution in [0.15, 0.2) is 28.8 Å². The van der Waals surface area contributed by atoms with E-state index >= 15 is 0 Å². The Morgan fingerprint density at radius 1 is 1.20 bits per heavy atom. The molecule has 5 heteroatoms. The lowest BCUT2D eigenvalue weighted by atomic mass is 9.93. The molecule has 1 saturated carbocycles. The summed E-state index contributed by atoms with van der Waals surface area (Å²) < 4.78 is 11.4. The van der Waals surface area contributed by atoms with Gasteiger partial charge in [-0.3, -0.25) is 0 Å². The standard InChI is InChI=1S/C15H19N3O2/c1-10-17-15(20-18-10)13-4-2-3-5-14(13)19-12-8-6-11(16)7-9-12/h2-5,11-12H,6-9,16H2,1H3. The van der Waals surface area contributed by atoms with E-state index in [4.69, 9.17) is 15.0 Å². The average molecular weight is 273 g/mol. The van der Waals surface area contributed by atoms with Gasteiger partial charge in [0.2, 0.25) is 0 Å². The Bertz CT molecular complexity index is 574. The highest BCUT2D eigenvalue weighted by Crippen LogP contribution is 2.31. The Kier molecular flexibility index (Phi) is 3.69. The topological polar surface area (TPSA) is 74.2 Å². The van der Waals surface area contributed by atoms with Crippen LogP contribution in [0, 0.1) is 6.92 Å². The summed E-state index contributed by atoms with van der Waals surface area (Å²) >= 11 is 0. The third-order valence-electron chi connectivity index (χ3n) is 3.66. The zero-order valence-electron chi connectivity index (χ0n) is 11.6. The monoisotopic (exact) mass is 273 g/mol. The van der Waals surface area contributed by atoms with Crippen LogP contribution in [-0.2, 0) is 0 Å². The predicted octanol–water partition coefficient (Wildman–Crippen LogP) is 2.69. The van der Waals surface area contributed by atoms with Crippen molar-refractivity contribution in [2.75, 3.05) is 0 Å². The number of hydrogen-bond acceptors (Lipinski definition) is 5. The van der Waals surface area contributed by atoms with Crippen LogP contribution in [0.25, 0.3) is 11.5 Å². The smallest absolute Gasteiger partial charge is 0.261 e. The van der Waals surface area contributed by atoms with Crippen molar-refractivity contribution in [3.63, 3.8) is 0 Å². The zero-order valence-corrected chi connectivity index (χ0v) is 11.6. The zero-order chi connectivity index (χ0) is 13.9. The summed E-state index contributed by atoms with van der Waals surface area (Å²) in [4.78, 5) is 4.27. The second-order valence-electron chi connectivity index (χ2n) is 5.30. The first-order valence-electron chi connectivity index (χ1n) is 7.04. The quantitative estimate of drug-likeness (QED) is 0.930. The number of nitrogens with two attached hydrogens (primary N) is 1. The van der Waals surface area contributed by atoms with Gasteiger partial charge in [0.1, 0.15) is 5.75 Å². The second kappa shape index (κ2) is 5.63. The molecule has 106 valence electrons. The normalized spacial score (nSPS) is 22.7. The summed E-state index contributed by atoms with van der Waals surface area (Å²) in [7, 11) is 0. The van der Waals surface area contributed by atoms with E-state index in [1.165, 1.54) is 0 Å². The summed E-state index contributed by atoms with van der Waals surface area (Å²) in [6.45, 7) is 1.80. The molecule has 0 saturated heterocycles. The molecule has 1 heterocycles. The molecule has 0 bridgehead atoms. The van der Waals surface area contributed by atoms with Gasteiger partial charge in [-0.1, -0.05) is 17.3 Å². The van der Waals surface area contributed by atoms with Crippen molar-refractivity contribution in [2.24, 2.45) is 5.73 Å². The minimum Gasteiger partial charge on any atom is -0.490 e. The molecule has 5 nitrogen and oxygen atoms in total. The summed E-state index contributed by atoms with van der Waals surface area (Å²) in [6.07, 6.45) is 4.26. The maximum atomic E-state index is 6.12. The molecule has 0 unspecified atom stereocenters. The van der Waals surface area contributed by atoms with Gasteiger partial charge < -0.3 is 15.0 Å². The van der Waals surface area contributed by atoms with E-state index in [2.05, 4.69) is 10.1 Å². The summed E-state index contributed by atoms with van der Waals surface area (Å²) in [5.74, 6) is 1.93. The minimum atomic E-state index is 0.222. The van der Waals surface area contributed by atoms with E-state index in [0.29, 0.717) is 17.8 Å². The highest BCUT2D eigenvalue weighted by Gasteiger charge is 2.21. The number of nitrogens with zero attached hydrogens (tertiary/aromatic N) is 2. The van der Waals surface area contributed by atoms with Gasteiger partial charge in [-0.15, -0.1) is 0 Å². The van der Waals surface area contributed by atoms with Crippen molar-refractivity contribution < 1.29 is 9.26 Å². The maximum Gasteiger partial charge on any atom is 0.261 e. The molecule has 1 aromatic carbocycles. The van der Waals surface area contributed by atoms with E-state index in [0.717, 1.165) is 37.0 Å². The van der Waals surface area contributed by atoms with Gasteiger partial charge in [-0.25, -0.2) is 0 Å². The lowest BCUT2D eigenvalue weighted by molar-refractivity contribution is 0.147. The molecule has 1 aromatic heterocycles. The second-order valence-corrected chi connectivity index (χ2v) is 5.30. The van der Waals surface area contributed by atoms with Crippen LogP contribution in [0.3, 0.4) is 0 Å². The highest BCUT2D eigenvalue weighted by molar-refractivity contribution is 5.62. The van der Waals surface area contributed by atoms with E-state index in [1.54, 1.807) is 6.92 Å². The van der Waals surface area contributed by atoms with Gasteiger partial charge >= 0.3 is 0 Å². The number of ether oxygens (including phenoxy) is 1. The SMILES string of the molecule is Cc1noc(-c2ccccc2OC2CCC(N)CC2)n1. The highest BCUT2D eigenvalue weighted by atomic mass is 16.5. The Hall–Kier alpha value is -1.88. The van der Waals surface area contributed by atoms with Crippen LogP contribution < -0.4 is 10.5 Å². The molecule has 0 aliphatic heterocycles. The van der Waals surface area contributed by atoms with Gasteiger partial charge in [0.15, 0.2) is 5.82 Å². The van der Waals surface area contributed by atoms with E-state index in [1.807, 2.05) is 24.3 Å². The molecule has 2 N–H and O–H groups in total. The molecular weight excluding hydrogens is 254 g/mol. The third-order valence-corrected chi connectivity index (χ3v) is 3.66. The Morgan fingerprint density at radius 2 is 1.95 bits per heavy atom. The molecule has 0 atom stereocenters. The van der Waals surface area contributed by atoms with Crippen molar-refractivity contribution in [1.82, 2.24) is 10.1 Å². The fourth-order valence-electron chi connectivity index (χ4n) is 2.54. The molecule has 2 aromatic rings. The largest absolute Gasteiger partial charge is 0.490 e. The van der Waals surface area contributed by atoms with Crippen LogP contribution in [-0.4, -0.2) is 22.3 Å². The van der Waals surface area contributed by atoms with E-state index in [9.17, 15) is 0 Å². The third kappa shape index (κ3) is 2.82. The van der Waals surface area contributed by atoms with Crippen LogP contribution in [0.1, 0.15) is 31.5 Å². The maximum absolute atomic E-state index is 6.12. The van der Waals surface area contributed by atoms with Crippen LogP contribution in [0.2, 0.25) is 0 Å². The Labute approximate surface area is 118 Å². The molecule has 3 rings (SSSR count).